The zero-order chi connectivity index (χ0) is 103. The van der Waals surface area contributed by atoms with Crippen LogP contribution in [0, 0.1) is 41.8 Å². The lowest BCUT2D eigenvalue weighted by Crippen LogP contribution is -2.46. The van der Waals surface area contributed by atoms with Crippen LogP contribution in [0.25, 0.3) is 17.1 Å². The molecular formula is C107H117F6N23O12. The van der Waals surface area contributed by atoms with Crippen molar-refractivity contribution in [3.8, 4) is 34.3 Å². The molecule has 6 aliphatic heterocycles. The van der Waals surface area contributed by atoms with Crippen LogP contribution < -0.4 is 60.7 Å². The molecule has 12 heterocycles. The summed E-state index contributed by atoms with van der Waals surface area (Å²) in [6.07, 6.45) is 13.8. The number of hydrogen-bond donors (Lipinski definition) is 0. The van der Waals surface area contributed by atoms with E-state index in [1.165, 1.54) is 78.5 Å². The molecule has 0 radical (unpaired) electrons. The van der Waals surface area contributed by atoms with Gasteiger partial charge in [0.15, 0.2) is 0 Å². The van der Waals surface area contributed by atoms with Gasteiger partial charge in [-0.05, 0) is 235 Å². The molecule has 148 heavy (non-hydrogen) atoms. The highest BCUT2D eigenvalue weighted by atomic mass is 19.2. The molecule has 0 bridgehead atoms. The predicted molar refractivity (Wildman–Crippen MR) is 541 cm³/mol. The number of benzene rings is 9. The van der Waals surface area contributed by atoms with Crippen LogP contribution in [0.1, 0.15) is 101 Å². The van der Waals surface area contributed by atoms with Crippen LogP contribution in [0.4, 0.5) is 60.5 Å². The summed E-state index contributed by atoms with van der Waals surface area (Å²) in [6.45, 7) is 25.4. The maximum Gasteiger partial charge on any atom is 0.350 e. The topological polar surface area (TPSA) is 301 Å². The monoisotopic (exact) mass is 2030 g/mol. The number of nitrogens with zero attached hydrogens (tertiary/aromatic N) is 23. The highest BCUT2D eigenvalue weighted by Gasteiger charge is 2.50. The van der Waals surface area contributed by atoms with Crippen molar-refractivity contribution in [2.45, 2.75) is 141 Å². The van der Waals surface area contributed by atoms with Gasteiger partial charge in [0.1, 0.15) is 122 Å². The summed E-state index contributed by atoms with van der Waals surface area (Å²) in [5.41, 5.74) is 9.51. The van der Waals surface area contributed by atoms with Crippen molar-refractivity contribution in [2.75, 3.05) is 148 Å². The summed E-state index contributed by atoms with van der Waals surface area (Å²) in [5.74, 6) is -6.85. The van der Waals surface area contributed by atoms with Crippen molar-refractivity contribution in [2.24, 2.45) is 0 Å². The minimum absolute atomic E-state index is 0.0155. The van der Waals surface area contributed by atoms with Gasteiger partial charge < -0.3 is 72.0 Å². The Balaban J connectivity index is 0.000000140. The maximum atomic E-state index is 15.0. The zero-order valence-electron chi connectivity index (χ0n) is 83.1. The molecule has 774 valence electrons. The summed E-state index contributed by atoms with van der Waals surface area (Å²) >= 11 is 0. The first-order valence-corrected chi connectivity index (χ1v) is 49.8. The quantitative estimate of drug-likeness (QED) is 0.0345. The Morgan fingerprint density at radius 2 is 0.628 bits per heavy atom. The molecule has 9 atom stereocenters. The largest absolute Gasteiger partial charge is 0.491 e. The number of aromatic nitrogens is 17. The second-order valence-electron chi connectivity index (χ2n) is 37.5. The Morgan fingerprint density at radius 3 is 0.899 bits per heavy atom. The summed E-state index contributed by atoms with van der Waals surface area (Å²) in [6, 6.07) is 59.8. The van der Waals surface area contributed by atoms with E-state index < -0.39 is 70.6 Å². The Bertz CT molecular complexity index is 6840. The highest BCUT2D eigenvalue weighted by molar-refractivity contribution is 5.59. The summed E-state index contributed by atoms with van der Waals surface area (Å²) in [7, 11) is 0. The van der Waals surface area contributed by atoms with Gasteiger partial charge in [-0.1, -0.05) is 26.0 Å². The molecule has 0 saturated carbocycles. The van der Waals surface area contributed by atoms with E-state index in [1.807, 2.05) is 193 Å². The van der Waals surface area contributed by atoms with Gasteiger partial charge in [0.25, 0.3) is 0 Å². The van der Waals surface area contributed by atoms with Crippen LogP contribution in [-0.2, 0) is 65.4 Å². The van der Waals surface area contributed by atoms with Crippen LogP contribution in [-0.4, -0.2) is 219 Å². The Morgan fingerprint density at radius 1 is 0.345 bits per heavy atom. The second kappa shape index (κ2) is 45.0. The van der Waals surface area contributed by atoms with E-state index in [0.29, 0.717) is 17.2 Å². The first-order valence-electron chi connectivity index (χ1n) is 49.8. The number of hydrogen-bond acceptors (Lipinski definition) is 26. The van der Waals surface area contributed by atoms with Crippen LogP contribution in [0.15, 0.2) is 271 Å². The van der Waals surface area contributed by atoms with Crippen molar-refractivity contribution >= 4 is 34.1 Å². The van der Waals surface area contributed by atoms with Crippen LogP contribution in [0.2, 0.25) is 0 Å². The predicted octanol–water partition coefficient (Wildman–Crippen LogP) is 14.6. The van der Waals surface area contributed by atoms with Gasteiger partial charge in [-0.3, -0.25) is 18.4 Å². The summed E-state index contributed by atoms with van der Waals surface area (Å²) in [4.78, 5) is 53.7. The van der Waals surface area contributed by atoms with Gasteiger partial charge in [0.05, 0.1) is 67.7 Å². The van der Waals surface area contributed by atoms with Crippen LogP contribution >= 0.6 is 0 Å². The fraction of sp³-hybridized carbons (Fsp3) is 0.374. The van der Waals surface area contributed by atoms with E-state index in [0.717, 1.165) is 173 Å². The van der Waals surface area contributed by atoms with Gasteiger partial charge >= 0.3 is 17.1 Å². The Kier molecular flexibility index (Phi) is 30.9. The van der Waals surface area contributed by atoms with Gasteiger partial charge in [0.2, 0.25) is 17.4 Å². The van der Waals surface area contributed by atoms with E-state index in [2.05, 4.69) is 77.2 Å². The number of ether oxygens (including phenoxy) is 9. The molecular weight excluding hydrogens is 1910 g/mol. The van der Waals surface area contributed by atoms with Crippen molar-refractivity contribution in [1.82, 2.24) is 82.8 Å². The third-order valence-electron chi connectivity index (χ3n) is 27.8. The molecule has 0 N–H and O–H groups in total. The van der Waals surface area contributed by atoms with E-state index >= 15 is 0 Å². The smallest absolute Gasteiger partial charge is 0.350 e. The van der Waals surface area contributed by atoms with Gasteiger partial charge in [0, 0.05) is 178 Å². The average molecular weight is 2030 g/mol. The van der Waals surface area contributed by atoms with Gasteiger partial charge in [-0.15, -0.1) is 5.10 Å². The molecule has 0 spiro atoms. The van der Waals surface area contributed by atoms with Crippen LogP contribution in [0.5, 0.6) is 17.2 Å². The molecule has 6 saturated heterocycles. The molecule has 21 rings (SSSR count). The number of halogens is 6. The number of aryl methyl sites for hydroxylation is 1. The molecule has 9 aromatic carbocycles. The molecule has 35 nitrogen and oxygen atoms in total. The Labute approximate surface area is 849 Å². The molecule has 15 aromatic rings. The third kappa shape index (κ3) is 22.8. The van der Waals surface area contributed by atoms with Crippen molar-refractivity contribution in [1.29, 1.82) is 0 Å². The standard InChI is InChI=1S/C37H41F2N7O4.2C35H38F2N8O4/c1-4-27(3)45-25-40-46(36(45)47)31-8-6-29(7-9-31)42-17-19-43(20-18-42)30-10-12-32(13-11-30)48-22-33-23-49-37(50-33,24-44-16-15-26(2)41-44)34-14-5-28(38)21-35(34)39;1-3-25(2)44-24-39-45(34(44)46)29-7-5-27(6-8-29)41-16-18-42(19-17-41)28-9-11-30(12-10-28)47-21-31-22-48-35(49-31,23-43-15-14-38-40-43)32-13-4-26(36)20-33(32)37;1-3-25(2)43-24-40-45(34(43)46)29-7-5-27(6-8-29)41-16-18-42(19-17-41)28-9-11-30(12-10-28)47-21-31-22-48-35(49-31,23-44-38-14-15-39-44)32-13-4-26(36)20-33(32)37/h5-16,21,25,27,33H,4,17-20,22-24H2,1-3H3;2*4-15,20,24-25,31H,3,16-19,21-23H2,1-2H3. The van der Waals surface area contributed by atoms with E-state index in [4.69, 9.17) is 42.6 Å². The third-order valence-corrected chi connectivity index (χ3v) is 27.8. The van der Waals surface area contributed by atoms with Crippen LogP contribution in [0.3, 0.4) is 0 Å². The maximum absolute atomic E-state index is 15.0. The average Bonchev–Trinajstić information content (AvgIpc) is 1.61. The Hall–Kier alpha value is -15.2. The lowest BCUT2D eigenvalue weighted by Gasteiger charge is -2.37. The fourth-order valence-electron chi connectivity index (χ4n) is 19.0. The lowest BCUT2D eigenvalue weighted by atomic mass is 10.0. The molecule has 0 amide bonds. The number of piperazine rings is 3. The van der Waals surface area contributed by atoms with Crippen molar-refractivity contribution in [3.63, 3.8) is 0 Å². The summed E-state index contributed by atoms with van der Waals surface area (Å²) in [5, 5.41) is 33.3. The van der Waals surface area contributed by atoms with Gasteiger partial charge in [-0.2, -0.15) is 49.4 Å². The molecule has 9 unspecified atom stereocenters. The number of rotatable bonds is 33. The number of anilines is 6. The minimum atomic E-state index is -1.53. The SMILES string of the molecule is CCC(C)n1cnn(-c2ccc(N3CCN(c4ccc(OCC5COC(Cn6ccc(C)n6)(c6ccc(F)cc6F)O5)cc4)CC3)cc2)c1=O.CCC(C)n1cnn(-c2ccc(N3CCN(c4ccc(OCC5COC(Cn6ccnn6)(c6ccc(F)cc6F)O5)cc4)CC3)cc2)c1=O.CCC(C)n1cnn(-c2ccc(N3CCN(c4ccc(OCC5COC(Cn6nccn6)(c6ccc(F)cc6F)O5)cc4)CC3)cc2)c1=O. The zero-order valence-corrected chi connectivity index (χ0v) is 83.1. The van der Waals surface area contributed by atoms with Crippen molar-refractivity contribution in [3.05, 3.63) is 345 Å². The van der Waals surface area contributed by atoms with E-state index in [9.17, 15) is 40.7 Å². The molecule has 6 fully saturated rings. The first kappa shape index (κ1) is 101. The van der Waals surface area contributed by atoms with E-state index in [-0.39, 0.29) is 111 Å². The van der Waals surface area contributed by atoms with E-state index in [1.54, 1.807) is 49.8 Å². The van der Waals surface area contributed by atoms with Gasteiger partial charge in [-0.25, -0.2) is 45.4 Å². The van der Waals surface area contributed by atoms with Crippen molar-refractivity contribution < 1.29 is 69.0 Å². The lowest BCUT2D eigenvalue weighted by molar-refractivity contribution is -0.194. The second-order valence-corrected chi connectivity index (χ2v) is 37.5. The highest BCUT2D eigenvalue weighted by Crippen LogP contribution is 2.43. The minimum Gasteiger partial charge on any atom is -0.491 e. The first-order chi connectivity index (χ1) is 71.8. The molecule has 6 aromatic heterocycles. The molecule has 41 heteroatoms. The molecule has 0 aliphatic carbocycles. The normalized spacial score (nSPS) is 20.1. The fourth-order valence-corrected chi connectivity index (χ4v) is 19.0. The summed E-state index contributed by atoms with van der Waals surface area (Å²) < 4.78 is 153. The molecule has 6 aliphatic rings.